The molecule has 1 heterocycles. The molecule has 168 valence electrons. The molecule has 1 saturated heterocycles. The van der Waals surface area contributed by atoms with Crippen LogP contribution in [0.3, 0.4) is 0 Å². The number of alkyl halides is 3. The first-order chi connectivity index (χ1) is 14.9. The molecule has 0 bridgehead atoms. The van der Waals surface area contributed by atoms with Crippen molar-refractivity contribution in [1.82, 2.24) is 15.5 Å². The zero-order valence-corrected chi connectivity index (χ0v) is 17.0. The minimum Gasteiger partial charge on any atom is -0.484 e. The zero-order chi connectivity index (χ0) is 22.1. The van der Waals surface area contributed by atoms with Crippen molar-refractivity contribution < 1.29 is 27.4 Å². The van der Waals surface area contributed by atoms with Crippen LogP contribution in [0.4, 0.5) is 18.0 Å². The molecule has 2 N–H and O–H groups in total. The van der Waals surface area contributed by atoms with Gasteiger partial charge in [0, 0.05) is 26.2 Å². The number of nitrogens with one attached hydrogen (secondary N) is 2. The van der Waals surface area contributed by atoms with Crippen LogP contribution in [0.25, 0.3) is 0 Å². The van der Waals surface area contributed by atoms with E-state index in [4.69, 9.17) is 4.74 Å². The van der Waals surface area contributed by atoms with Crippen molar-refractivity contribution in [2.45, 2.75) is 18.8 Å². The summed E-state index contributed by atoms with van der Waals surface area (Å²) in [6.45, 7) is 2.56. The molecule has 1 aliphatic rings. The third-order valence-corrected chi connectivity index (χ3v) is 4.83. The lowest BCUT2D eigenvalue weighted by Crippen LogP contribution is -2.45. The smallest absolute Gasteiger partial charge is 0.422 e. The van der Waals surface area contributed by atoms with Gasteiger partial charge in [-0.1, -0.05) is 42.5 Å². The number of morpholine rings is 1. The Morgan fingerprint density at radius 1 is 1.06 bits per heavy atom. The molecule has 2 aromatic carbocycles. The molecule has 2 aromatic rings. The number of hydrogen-bond acceptors (Lipinski definition) is 4. The second kappa shape index (κ2) is 11.0. The lowest BCUT2D eigenvalue weighted by atomic mass is 10.1. The maximum Gasteiger partial charge on any atom is 0.422 e. The number of nitrogens with zero attached hydrogens (tertiary/aromatic N) is 1. The van der Waals surface area contributed by atoms with E-state index in [-0.39, 0.29) is 24.4 Å². The molecule has 1 aliphatic heterocycles. The van der Waals surface area contributed by atoms with Crippen molar-refractivity contribution in [2.75, 3.05) is 39.5 Å². The van der Waals surface area contributed by atoms with Crippen molar-refractivity contribution in [3.05, 3.63) is 65.7 Å². The number of amides is 2. The van der Waals surface area contributed by atoms with Gasteiger partial charge in [0.05, 0.1) is 19.3 Å². The molecule has 0 aromatic heterocycles. The van der Waals surface area contributed by atoms with Crippen LogP contribution in [0.5, 0.6) is 5.75 Å². The fourth-order valence-electron chi connectivity index (χ4n) is 3.22. The summed E-state index contributed by atoms with van der Waals surface area (Å²) >= 11 is 0. The molecule has 9 heteroatoms. The molecule has 1 fully saturated rings. The second-order valence-corrected chi connectivity index (χ2v) is 7.25. The third-order valence-electron chi connectivity index (χ3n) is 4.83. The monoisotopic (exact) mass is 437 g/mol. The normalized spacial score (nSPS) is 15.8. The van der Waals surface area contributed by atoms with Crippen molar-refractivity contribution in [3.63, 3.8) is 0 Å². The number of halogens is 3. The lowest BCUT2D eigenvalue weighted by molar-refractivity contribution is -0.153. The van der Waals surface area contributed by atoms with Crippen molar-refractivity contribution in [2.24, 2.45) is 0 Å². The number of rotatable bonds is 8. The standard InChI is InChI=1S/C22H26F3N3O3/c23-22(24,25)16-31-19-8-6-17(7-9-19)14-26-21(29)27-20(18-4-2-1-3-5-18)15-28-10-12-30-13-11-28/h1-9,20H,10-16H2,(H2,26,27,29). The summed E-state index contributed by atoms with van der Waals surface area (Å²) in [6, 6.07) is 15.4. The Balaban J connectivity index is 1.52. The van der Waals surface area contributed by atoms with Crippen LogP contribution >= 0.6 is 0 Å². The number of carbonyl (C=O) groups is 1. The molecule has 6 nitrogen and oxygen atoms in total. The first-order valence-electron chi connectivity index (χ1n) is 10.1. The summed E-state index contributed by atoms with van der Waals surface area (Å²) in [5, 5.41) is 5.82. The second-order valence-electron chi connectivity index (χ2n) is 7.25. The topological polar surface area (TPSA) is 62.8 Å². The van der Waals surface area contributed by atoms with Gasteiger partial charge in [-0.2, -0.15) is 13.2 Å². The molecule has 2 amide bonds. The van der Waals surface area contributed by atoms with Crippen molar-refractivity contribution in [1.29, 1.82) is 0 Å². The predicted octanol–water partition coefficient (Wildman–Crippen LogP) is 3.50. The molecule has 0 radical (unpaired) electrons. The largest absolute Gasteiger partial charge is 0.484 e. The predicted molar refractivity (Wildman–Crippen MR) is 110 cm³/mol. The molecule has 1 atom stereocenters. The highest BCUT2D eigenvalue weighted by Crippen LogP contribution is 2.19. The average Bonchev–Trinajstić information content (AvgIpc) is 2.77. The zero-order valence-electron chi connectivity index (χ0n) is 17.0. The minimum atomic E-state index is -4.38. The summed E-state index contributed by atoms with van der Waals surface area (Å²) in [5.74, 6) is 0.125. The fourth-order valence-corrected chi connectivity index (χ4v) is 3.22. The van der Waals surface area contributed by atoms with E-state index < -0.39 is 12.8 Å². The van der Waals surface area contributed by atoms with E-state index >= 15 is 0 Å². The van der Waals surface area contributed by atoms with Crippen molar-refractivity contribution in [3.8, 4) is 5.75 Å². The van der Waals surface area contributed by atoms with E-state index in [1.54, 1.807) is 12.1 Å². The maximum absolute atomic E-state index is 12.5. The van der Waals surface area contributed by atoms with Gasteiger partial charge < -0.3 is 20.1 Å². The SMILES string of the molecule is O=C(NCc1ccc(OCC(F)(F)F)cc1)NC(CN1CCOCC1)c1ccccc1. The molecule has 1 unspecified atom stereocenters. The minimum absolute atomic E-state index is 0.125. The van der Waals surface area contributed by atoms with Crippen LogP contribution in [0, 0.1) is 0 Å². The number of hydrogen-bond donors (Lipinski definition) is 2. The van der Waals surface area contributed by atoms with E-state index in [0.717, 1.165) is 24.2 Å². The van der Waals surface area contributed by atoms with Crippen LogP contribution < -0.4 is 15.4 Å². The third kappa shape index (κ3) is 8.10. The van der Waals surface area contributed by atoms with Gasteiger partial charge in [0.1, 0.15) is 5.75 Å². The summed E-state index contributed by atoms with van der Waals surface area (Å²) in [5.41, 5.74) is 1.76. The molecule has 0 saturated carbocycles. The fraction of sp³-hybridized carbons (Fsp3) is 0.409. The lowest BCUT2D eigenvalue weighted by Gasteiger charge is -2.31. The molecular weight excluding hydrogens is 411 g/mol. The highest BCUT2D eigenvalue weighted by molar-refractivity contribution is 5.74. The maximum atomic E-state index is 12.5. The van der Waals surface area contributed by atoms with Crippen LogP contribution in [0.1, 0.15) is 17.2 Å². The molecule has 0 spiro atoms. The first kappa shape index (κ1) is 22.9. The van der Waals surface area contributed by atoms with Gasteiger partial charge in [-0.25, -0.2) is 4.79 Å². The summed E-state index contributed by atoms with van der Waals surface area (Å²) in [7, 11) is 0. The summed E-state index contributed by atoms with van der Waals surface area (Å²) in [4.78, 5) is 14.8. The highest BCUT2D eigenvalue weighted by Gasteiger charge is 2.28. The quantitative estimate of drug-likeness (QED) is 0.664. The van der Waals surface area contributed by atoms with Gasteiger partial charge in [-0.3, -0.25) is 4.90 Å². The van der Waals surface area contributed by atoms with Gasteiger partial charge in [-0.05, 0) is 23.3 Å². The Kier molecular flexibility index (Phi) is 8.13. The number of urea groups is 1. The van der Waals surface area contributed by atoms with Gasteiger partial charge in [0.2, 0.25) is 0 Å². The number of carbonyl (C=O) groups excluding carboxylic acids is 1. The Morgan fingerprint density at radius 2 is 1.74 bits per heavy atom. The Morgan fingerprint density at radius 3 is 2.39 bits per heavy atom. The van der Waals surface area contributed by atoms with Gasteiger partial charge in [0.15, 0.2) is 6.61 Å². The van der Waals surface area contributed by atoms with E-state index in [1.807, 2.05) is 30.3 Å². The molecular formula is C22H26F3N3O3. The van der Waals surface area contributed by atoms with E-state index in [0.29, 0.717) is 19.8 Å². The summed E-state index contributed by atoms with van der Waals surface area (Å²) in [6.07, 6.45) is -4.38. The van der Waals surface area contributed by atoms with Crippen LogP contribution in [-0.4, -0.2) is 56.6 Å². The van der Waals surface area contributed by atoms with Gasteiger partial charge in [-0.15, -0.1) is 0 Å². The Bertz CT molecular complexity index is 810. The highest BCUT2D eigenvalue weighted by atomic mass is 19.4. The average molecular weight is 437 g/mol. The first-order valence-corrected chi connectivity index (χ1v) is 10.1. The van der Waals surface area contributed by atoms with Crippen LogP contribution in [0.15, 0.2) is 54.6 Å². The Hall–Kier alpha value is -2.78. The van der Waals surface area contributed by atoms with Crippen molar-refractivity contribution >= 4 is 6.03 Å². The number of benzene rings is 2. The van der Waals surface area contributed by atoms with Gasteiger partial charge >= 0.3 is 12.2 Å². The molecule has 3 rings (SSSR count). The van der Waals surface area contributed by atoms with Crippen LogP contribution in [-0.2, 0) is 11.3 Å². The summed E-state index contributed by atoms with van der Waals surface area (Å²) < 4.78 is 46.7. The van der Waals surface area contributed by atoms with E-state index in [1.165, 1.54) is 12.1 Å². The van der Waals surface area contributed by atoms with Gasteiger partial charge in [0.25, 0.3) is 0 Å². The van der Waals surface area contributed by atoms with Crippen LogP contribution in [0.2, 0.25) is 0 Å². The van der Waals surface area contributed by atoms with E-state index in [9.17, 15) is 18.0 Å². The molecule has 31 heavy (non-hydrogen) atoms. The number of ether oxygens (including phenoxy) is 2. The Labute approximate surface area is 179 Å². The molecule has 0 aliphatic carbocycles. The van der Waals surface area contributed by atoms with E-state index in [2.05, 4.69) is 20.3 Å².